The second-order valence-electron chi connectivity index (χ2n) is 9.41. The number of aryl methyl sites for hydroxylation is 1. The quantitative estimate of drug-likeness (QED) is 0.657. The van der Waals surface area contributed by atoms with E-state index in [1.165, 1.54) is 10.7 Å². The van der Waals surface area contributed by atoms with E-state index < -0.39 is 12.1 Å². The predicted octanol–water partition coefficient (Wildman–Crippen LogP) is 3.76. The van der Waals surface area contributed by atoms with Crippen molar-refractivity contribution in [2.24, 2.45) is 4.99 Å². The summed E-state index contributed by atoms with van der Waals surface area (Å²) in [6.45, 7) is 9.93. The van der Waals surface area contributed by atoms with E-state index in [0.29, 0.717) is 54.0 Å². The summed E-state index contributed by atoms with van der Waals surface area (Å²) in [5, 5.41) is 24.1. The number of rotatable bonds is 5. The van der Waals surface area contributed by atoms with Crippen LogP contribution in [0.15, 0.2) is 46.6 Å². The average molecular weight is 512 g/mol. The molecule has 36 heavy (non-hydrogen) atoms. The Hall–Kier alpha value is -3.39. The van der Waals surface area contributed by atoms with Gasteiger partial charge in [0.2, 0.25) is 0 Å². The van der Waals surface area contributed by atoms with Crippen molar-refractivity contribution in [3.8, 4) is 6.07 Å². The molecule has 0 saturated carbocycles. The summed E-state index contributed by atoms with van der Waals surface area (Å²) >= 11 is 6.17. The Kier molecular flexibility index (Phi) is 6.03. The molecular weight excluding hydrogens is 488 g/mol. The van der Waals surface area contributed by atoms with Crippen molar-refractivity contribution in [1.29, 1.82) is 5.26 Å². The number of aromatic nitrogens is 3. The molecule has 5 rings (SSSR count). The average Bonchev–Trinajstić information content (AvgIpc) is 3.15. The highest BCUT2D eigenvalue weighted by molar-refractivity contribution is 6.35. The molecule has 8 nitrogen and oxygen atoms in total. The van der Waals surface area contributed by atoms with Crippen molar-refractivity contribution in [1.82, 2.24) is 19.5 Å². The van der Waals surface area contributed by atoms with E-state index in [1.54, 1.807) is 19.1 Å². The van der Waals surface area contributed by atoms with Crippen LogP contribution in [0.5, 0.6) is 0 Å². The fourth-order valence-corrected chi connectivity index (χ4v) is 5.10. The minimum Gasteiger partial charge on any atom is -0.390 e. The monoisotopic (exact) mass is 511 g/mol. The number of fused-ring (bicyclic) bond motifs is 1. The number of likely N-dealkylation sites (tertiary alicyclic amines) is 1. The first kappa shape index (κ1) is 24.3. The molecule has 2 aliphatic heterocycles. The standard InChI is InChI=1S/C25H24ClF2N7O/c1-4-30-20-8-16(26)6-5-15(20)7-18-14(2)31-23-19(9-29)21(22(27)28)32-35(23)24(18)33-12-25(3,13-33)34-10-17(36)11-34/h4-8,17,22,36H,1,10-13H2,2-3H3/b15-7+,30-20?. The maximum Gasteiger partial charge on any atom is 0.283 e. The van der Waals surface area contributed by atoms with E-state index >= 15 is 0 Å². The number of aliphatic imine (C=N–C) groups is 1. The lowest BCUT2D eigenvalue weighted by Crippen LogP contribution is -2.74. The molecule has 2 saturated heterocycles. The molecule has 1 aliphatic carbocycles. The van der Waals surface area contributed by atoms with Crippen LogP contribution in [0.1, 0.15) is 35.9 Å². The second kappa shape index (κ2) is 8.92. The SMILES string of the molecule is C=CN=C1C=C(Cl)C=C/C1=C\c1c(C)nc2c(C#N)c(C(F)F)nn2c1N1CC(C)(N2CC(O)C2)C1. The number of hydrogen-bond donors (Lipinski definition) is 1. The number of nitrogens with zero attached hydrogens (tertiary/aromatic N) is 7. The number of aliphatic hydroxyl groups is 1. The topological polar surface area (TPSA) is 93.0 Å². The molecule has 0 bridgehead atoms. The summed E-state index contributed by atoms with van der Waals surface area (Å²) < 4.78 is 28.9. The molecule has 11 heteroatoms. The number of aliphatic hydroxyl groups excluding tert-OH is 1. The highest BCUT2D eigenvalue weighted by atomic mass is 35.5. The summed E-state index contributed by atoms with van der Waals surface area (Å²) in [4.78, 5) is 13.1. The van der Waals surface area contributed by atoms with E-state index in [2.05, 4.69) is 33.5 Å². The number of hydrogen-bond acceptors (Lipinski definition) is 7. The molecule has 0 aromatic carbocycles. The molecule has 2 aromatic heterocycles. The summed E-state index contributed by atoms with van der Waals surface area (Å²) in [7, 11) is 0. The van der Waals surface area contributed by atoms with Crippen LogP contribution in [0.4, 0.5) is 14.6 Å². The number of halogens is 3. The molecule has 0 amide bonds. The third-order valence-electron chi connectivity index (χ3n) is 6.82. The largest absolute Gasteiger partial charge is 0.390 e. The molecule has 0 atom stereocenters. The second-order valence-corrected chi connectivity index (χ2v) is 9.85. The molecule has 0 radical (unpaired) electrons. The van der Waals surface area contributed by atoms with E-state index in [0.717, 1.165) is 5.57 Å². The van der Waals surface area contributed by atoms with Crippen molar-refractivity contribution >= 4 is 34.9 Å². The van der Waals surface area contributed by atoms with Crippen molar-refractivity contribution in [3.63, 3.8) is 0 Å². The normalized spacial score (nSPS) is 22.2. The van der Waals surface area contributed by atoms with Crippen LogP contribution in [0.3, 0.4) is 0 Å². The predicted molar refractivity (Wildman–Crippen MR) is 134 cm³/mol. The van der Waals surface area contributed by atoms with Gasteiger partial charge in [0, 0.05) is 48.5 Å². The molecule has 186 valence electrons. The van der Waals surface area contributed by atoms with Gasteiger partial charge in [-0.3, -0.25) is 9.89 Å². The Morgan fingerprint density at radius 3 is 2.69 bits per heavy atom. The van der Waals surface area contributed by atoms with Gasteiger partial charge >= 0.3 is 0 Å². The van der Waals surface area contributed by atoms with Crippen molar-refractivity contribution in [2.75, 3.05) is 31.1 Å². The molecule has 3 aliphatic rings. The first-order valence-electron chi connectivity index (χ1n) is 11.4. The Morgan fingerprint density at radius 1 is 1.36 bits per heavy atom. The minimum absolute atomic E-state index is 0.0949. The molecule has 1 N–H and O–H groups in total. The molecule has 0 spiro atoms. The summed E-state index contributed by atoms with van der Waals surface area (Å²) in [6, 6.07) is 1.86. The summed E-state index contributed by atoms with van der Waals surface area (Å²) in [5.41, 5.74) is 1.65. The van der Waals surface area contributed by atoms with Crippen LogP contribution in [-0.2, 0) is 0 Å². The molecule has 4 heterocycles. The van der Waals surface area contributed by atoms with Crippen molar-refractivity contribution in [2.45, 2.75) is 31.9 Å². The van der Waals surface area contributed by atoms with Gasteiger partial charge in [-0.2, -0.15) is 14.9 Å². The van der Waals surface area contributed by atoms with Crippen LogP contribution in [-0.4, -0.2) is 68.1 Å². The van der Waals surface area contributed by atoms with Crippen LogP contribution >= 0.6 is 11.6 Å². The fourth-order valence-electron chi connectivity index (χ4n) is 4.93. The lowest BCUT2D eigenvalue weighted by atomic mass is 9.86. The molecular formula is C25H24ClF2N7O. The third-order valence-corrected chi connectivity index (χ3v) is 7.06. The lowest BCUT2D eigenvalue weighted by molar-refractivity contribution is -0.0713. The van der Waals surface area contributed by atoms with Gasteiger partial charge in [-0.25, -0.2) is 13.8 Å². The zero-order valence-electron chi connectivity index (χ0n) is 19.8. The molecule has 0 unspecified atom stereocenters. The molecule has 2 aromatic rings. The molecule has 2 fully saturated rings. The number of alkyl halides is 2. The van der Waals surface area contributed by atoms with Gasteiger partial charge in [-0.15, -0.1) is 0 Å². The van der Waals surface area contributed by atoms with E-state index in [4.69, 9.17) is 11.6 Å². The number of allylic oxidation sites excluding steroid dienone is 5. The first-order valence-corrected chi connectivity index (χ1v) is 11.8. The van der Waals surface area contributed by atoms with Crippen LogP contribution < -0.4 is 4.90 Å². The maximum absolute atomic E-state index is 13.8. The van der Waals surface area contributed by atoms with Gasteiger partial charge in [0.15, 0.2) is 5.65 Å². The van der Waals surface area contributed by atoms with Gasteiger partial charge in [0.25, 0.3) is 6.43 Å². The Bertz CT molecular complexity index is 1420. The first-order chi connectivity index (χ1) is 17.1. The van der Waals surface area contributed by atoms with Crippen molar-refractivity contribution in [3.05, 3.63) is 64.1 Å². The number of anilines is 1. The highest BCUT2D eigenvalue weighted by Gasteiger charge is 2.49. The maximum atomic E-state index is 13.8. The zero-order valence-corrected chi connectivity index (χ0v) is 20.5. The lowest BCUT2D eigenvalue weighted by Gasteiger charge is -2.59. The van der Waals surface area contributed by atoms with Crippen molar-refractivity contribution < 1.29 is 13.9 Å². The van der Waals surface area contributed by atoms with Gasteiger partial charge in [0.05, 0.1) is 23.0 Å². The van der Waals surface area contributed by atoms with E-state index in [1.807, 2.05) is 23.1 Å². The van der Waals surface area contributed by atoms with Gasteiger partial charge in [-0.05, 0) is 32.1 Å². The van der Waals surface area contributed by atoms with E-state index in [-0.39, 0.29) is 22.9 Å². The van der Waals surface area contributed by atoms with Gasteiger partial charge in [-0.1, -0.05) is 24.3 Å². The van der Waals surface area contributed by atoms with E-state index in [9.17, 15) is 19.1 Å². The number of nitriles is 1. The highest BCUT2D eigenvalue weighted by Crippen LogP contribution is 2.39. The third kappa shape index (κ3) is 3.93. The Balaban J connectivity index is 1.68. The van der Waals surface area contributed by atoms with Crippen LogP contribution in [0, 0.1) is 18.3 Å². The zero-order chi connectivity index (χ0) is 25.8. The fraction of sp³-hybridized carbons (Fsp3) is 0.360. The van der Waals surface area contributed by atoms with Crippen LogP contribution in [0.25, 0.3) is 11.7 Å². The Morgan fingerprint density at radius 2 is 2.08 bits per heavy atom. The van der Waals surface area contributed by atoms with Crippen LogP contribution in [0.2, 0.25) is 0 Å². The minimum atomic E-state index is -2.92. The van der Waals surface area contributed by atoms with Gasteiger partial charge in [0.1, 0.15) is 23.1 Å². The summed E-state index contributed by atoms with van der Waals surface area (Å²) in [6.07, 6.45) is 5.31. The summed E-state index contributed by atoms with van der Waals surface area (Å²) in [5.74, 6) is 0.568. The smallest absolute Gasteiger partial charge is 0.283 e. The van der Waals surface area contributed by atoms with Gasteiger partial charge < -0.3 is 10.0 Å². The number of β-amino-alcohol motifs (C(OH)–C–C–N with tert-alkyl or cyclic N) is 1. The Labute approximate surface area is 211 Å².